The highest BCUT2D eigenvalue weighted by molar-refractivity contribution is 5.74. The molecule has 110 valence electrons. The molecule has 2 rings (SSSR count). The molecule has 0 amide bonds. The number of hydrogen-bond acceptors (Lipinski definition) is 2. The molecule has 3 nitrogen and oxygen atoms in total. The Kier molecular flexibility index (Phi) is 4.48. The van der Waals surface area contributed by atoms with E-state index in [4.69, 9.17) is 0 Å². The second kappa shape index (κ2) is 5.96. The largest absolute Gasteiger partial charge is 0.481 e. The van der Waals surface area contributed by atoms with E-state index in [1.165, 1.54) is 5.56 Å². The molecule has 0 saturated carbocycles. The Balaban J connectivity index is 2.06. The Morgan fingerprint density at radius 1 is 1.35 bits per heavy atom. The van der Waals surface area contributed by atoms with Crippen LogP contribution in [0.25, 0.3) is 0 Å². The normalized spacial score (nSPS) is 25.0. The number of hydrogen-bond donors (Lipinski definition) is 1. The first-order valence-electron chi connectivity index (χ1n) is 7.43. The van der Waals surface area contributed by atoms with Gasteiger partial charge in [-0.15, -0.1) is 0 Å². The first-order valence-corrected chi connectivity index (χ1v) is 7.43. The highest BCUT2D eigenvalue weighted by Crippen LogP contribution is 2.33. The number of nitrogens with zero attached hydrogens (tertiary/aromatic N) is 1. The maximum atomic E-state index is 11.3. The Morgan fingerprint density at radius 2 is 2.00 bits per heavy atom. The molecule has 1 N–H and O–H groups in total. The molecule has 2 atom stereocenters. The summed E-state index contributed by atoms with van der Waals surface area (Å²) in [7, 11) is 0. The Hall–Kier alpha value is -1.35. The molecular formula is C17H25NO2. The molecule has 3 heteroatoms. The number of likely N-dealkylation sites (tertiary alicyclic amines) is 1. The van der Waals surface area contributed by atoms with Gasteiger partial charge >= 0.3 is 5.97 Å². The van der Waals surface area contributed by atoms with Gasteiger partial charge in [-0.1, -0.05) is 44.2 Å². The summed E-state index contributed by atoms with van der Waals surface area (Å²) in [5.41, 5.74) is 0.782. The fourth-order valence-corrected chi connectivity index (χ4v) is 3.07. The van der Waals surface area contributed by atoms with Gasteiger partial charge in [0.15, 0.2) is 0 Å². The number of benzene rings is 1. The van der Waals surface area contributed by atoms with Crippen molar-refractivity contribution in [1.29, 1.82) is 0 Å². The summed E-state index contributed by atoms with van der Waals surface area (Å²) in [6.45, 7) is 8.85. The lowest BCUT2D eigenvalue weighted by Gasteiger charge is -2.28. The number of aliphatic carboxylic acids is 1. The van der Waals surface area contributed by atoms with E-state index in [1.54, 1.807) is 0 Å². The van der Waals surface area contributed by atoms with Gasteiger partial charge in [-0.25, -0.2) is 0 Å². The maximum Gasteiger partial charge on any atom is 0.310 e. The second-order valence-corrected chi connectivity index (χ2v) is 6.61. The van der Waals surface area contributed by atoms with Crippen molar-refractivity contribution < 1.29 is 9.90 Å². The molecule has 1 aliphatic heterocycles. The van der Waals surface area contributed by atoms with E-state index in [-0.39, 0.29) is 0 Å². The molecule has 1 aliphatic rings. The fourth-order valence-electron chi connectivity index (χ4n) is 3.07. The van der Waals surface area contributed by atoms with Crippen molar-refractivity contribution in [2.45, 2.75) is 33.1 Å². The molecule has 2 unspecified atom stereocenters. The van der Waals surface area contributed by atoms with Gasteiger partial charge in [-0.3, -0.25) is 4.79 Å². The number of rotatable bonds is 5. The van der Waals surface area contributed by atoms with Crippen LogP contribution in [0, 0.1) is 11.3 Å². The van der Waals surface area contributed by atoms with Crippen LogP contribution in [0.5, 0.6) is 0 Å². The Bertz CT molecular complexity index is 457. The first-order chi connectivity index (χ1) is 9.42. The second-order valence-electron chi connectivity index (χ2n) is 6.61. The number of carboxylic acids is 1. The topological polar surface area (TPSA) is 40.5 Å². The maximum absolute atomic E-state index is 11.3. The average molecular weight is 275 g/mol. The van der Waals surface area contributed by atoms with E-state index in [0.29, 0.717) is 18.4 Å². The Morgan fingerprint density at radius 3 is 2.50 bits per heavy atom. The van der Waals surface area contributed by atoms with Crippen molar-refractivity contribution in [3.63, 3.8) is 0 Å². The number of carbonyl (C=O) groups is 1. The zero-order valence-electron chi connectivity index (χ0n) is 12.7. The molecule has 0 radical (unpaired) electrons. The van der Waals surface area contributed by atoms with Crippen LogP contribution in [0.2, 0.25) is 0 Å². The standard InChI is InChI=1S/C17H25NO2/c1-13(2)15(14-7-5-4-6-8-14)11-18-10-9-17(3,12-18)16(19)20/h4-8,13,15H,9-12H2,1-3H3,(H,19,20). The van der Waals surface area contributed by atoms with Crippen LogP contribution in [0.15, 0.2) is 30.3 Å². The van der Waals surface area contributed by atoms with Crippen LogP contribution in [0.1, 0.15) is 38.7 Å². The van der Waals surface area contributed by atoms with Crippen molar-refractivity contribution in [3.05, 3.63) is 35.9 Å². The van der Waals surface area contributed by atoms with E-state index in [0.717, 1.165) is 19.5 Å². The lowest BCUT2D eigenvalue weighted by Crippen LogP contribution is -2.34. The van der Waals surface area contributed by atoms with Gasteiger partial charge in [0, 0.05) is 13.1 Å². The molecule has 1 saturated heterocycles. The first kappa shape index (κ1) is 15.0. The lowest BCUT2D eigenvalue weighted by molar-refractivity contribution is -0.147. The van der Waals surface area contributed by atoms with Crippen LogP contribution < -0.4 is 0 Å². The third kappa shape index (κ3) is 3.21. The predicted octanol–water partition coefficient (Wildman–Crippen LogP) is 3.22. The van der Waals surface area contributed by atoms with Crippen molar-refractivity contribution in [3.8, 4) is 0 Å². The molecule has 1 aromatic carbocycles. The predicted molar refractivity (Wildman–Crippen MR) is 80.8 cm³/mol. The molecule has 0 aromatic heterocycles. The lowest BCUT2D eigenvalue weighted by atomic mass is 9.87. The summed E-state index contributed by atoms with van der Waals surface area (Å²) in [6, 6.07) is 10.6. The quantitative estimate of drug-likeness (QED) is 0.897. The number of carboxylic acid groups (broad SMARTS) is 1. The molecule has 1 fully saturated rings. The summed E-state index contributed by atoms with van der Waals surface area (Å²) in [5.74, 6) is 0.349. The van der Waals surface area contributed by atoms with E-state index in [1.807, 2.05) is 13.0 Å². The van der Waals surface area contributed by atoms with Gasteiger partial charge in [0.25, 0.3) is 0 Å². The van der Waals surface area contributed by atoms with Crippen molar-refractivity contribution in [2.24, 2.45) is 11.3 Å². The van der Waals surface area contributed by atoms with Gasteiger partial charge in [-0.2, -0.15) is 0 Å². The summed E-state index contributed by atoms with van der Waals surface area (Å²) in [4.78, 5) is 13.6. The minimum Gasteiger partial charge on any atom is -0.481 e. The summed E-state index contributed by atoms with van der Waals surface area (Å²) < 4.78 is 0. The van der Waals surface area contributed by atoms with Gasteiger partial charge in [-0.05, 0) is 37.3 Å². The molecule has 0 bridgehead atoms. The SMILES string of the molecule is CC(C)C(CN1CCC(C)(C(=O)O)C1)c1ccccc1. The van der Waals surface area contributed by atoms with E-state index in [2.05, 4.69) is 43.0 Å². The zero-order valence-corrected chi connectivity index (χ0v) is 12.7. The average Bonchev–Trinajstić information content (AvgIpc) is 2.80. The molecular weight excluding hydrogens is 250 g/mol. The minimum atomic E-state index is -0.666. The highest BCUT2D eigenvalue weighted by atomic mass is 16.4. The van der Waals surface area contributed by atoms with Gasteiger partial charge < -0.3 is 10.0 Å². The van der Waals surface area contributed by atoms with E-state index in [9.17, 15) is 9.90 Å². The van der Waals surface area contributed by atoms with Crippen LogP contribution in [0.4, 0.5) is 0 Å². The van der Waals surface area contributed by atoms with Crippen molar-refractivity contribution in [1.82, 2.24) is 4.90 Å². The highest BCUT2D eigenvalue weighted by Gasteiger charge is 2.41. The zero-order chi connectivity index (χ0) is 14.8. The van der Waals surface area contributed by atoms with Crippen molar-refractivity contribution in [2.75, 3.05) is 19.6 Å². The Labute approximate surface area is 121 Å². The summed E-state index contributed by atoms with van der Waals surface area (Å²) in [5, 5.41) is 9.32. The molecule has 1 aromatic rings. The van der Waals surface area contributed by atoms with E-state index >= 15 is 0 Å². The van der Waals surface area contributed by atoms with Gasteiger partial charge in [0.05, 0.1) is 5.41 Å². The van der Waals surface area contributed by atoms with Crippen LogP contribution in [-0.4, -0.2) is 35.6 Å². The van der Waals surface area contributed by atoms with Gasteiger partial charge in [0.1, 0.15) is 0 Å². The summed E-state index contributed by atoms with van der Waals surface area (Å²) in [6.07, 6.45) is 0.752. The molecule has 0 aliphatic carbocycles. The van der Waals surface area contributed by atoms with Crippen LogP contribution >= 0.6 is 0 Å². The molecule has 20 heavy (non-hydrogen) atoms. The minimum absolute atomic E-state index is 0.465. The summed E-state index contributed by atoms with van der Waals surface area (Å²) >= 11 is 0. The van der Waals surface area contributed by atoms with Crippen LogP contribution in [0.3, 0.4) is 0 Å². The van der Waals surface area contributed by atoms with E-state index < -0.39 is 11.4 Å². The van der Waals surface area contributed by atoms with Crippen molar-refractivity contribution >= 4 is 5.97 Å². The van der Waals surface area contributed by atoms with Crippen LogP contribution in [-0.2, 0) is 4.79 Å². The monoisotopic (exact) mass is 275 g/mol. The smallest absolute Gasteiger partial charge is 0.310 e. The molecule has 1 heterocycles. The third-order valence-corrected chi connectivity index (χ3v) is 4.56. The third-order valence-electron chi connectivity index (χ3n) is 4.56. The fraction of sp³-hybridized carbons (Fsp3) is 0.588. The van der Waals surface area contributed by atoms with Gasteiger partial charge in [0.2, 0.25) is 0 Å². The molecule has 0 spiro atoms.